The van der Waals surface area contributed by atoms with Crippen molar-refractivity contribution >= 4 is 49.0 Å². The molecule has 0 atom stereocenters. The number of nitrogens with zero attached hydrogens (tertiary/aromatic N) is 3. The van der Waals surface area contributed by atoms with Crippen molar-refractivity contribution in [2.24, 2.45) is 5.10 Å². The van der Waals surface area contributed by atoms with E-state index >= 15 is 0 Å². The number of rotatable bonds is 7. The Hall–Kier alpha value is -2.19. The highest BCUT2D eigenvalue weighted by Gasteiger charge is 2.22. The Kier molecular flexibility index (Phi) is 7.86. The zero-order chi connectivity index (χ0) is 23.4. The maximum absolute atomic E-state index is 13.5. The summed E-state index contributed by atoms with van der Waals surface area (Å²) in [5.74, 6) is 2.27. The summed E-state index contributed by atoms with van der Waals surface area (Å²) in [6.07, 6.45) is 7.23. The molecule has 3 aromatic rings. The standard InChI is InChI=1S/C25H27Br2N3O3/c1-3-32-22-12-17(20(27)14-23(22)33-4-2)15-28-30-24(16-8-6-5-7-9-16)29-21-11-10-18(26)13-19(21)25(30)31/h10-16H,3-9H2,1-2H3. The molecule has 0 radical (unpaired) electrons. The third-order valence-corrected chi connectivity index (χ3v) is 6.96. The molecule has 0 N–H and O–H groups in total. The average molecular weight is 577 g/mol. The Morgan fingerprint density at radius 2 is 1.76 bits per heavy atom. The topological polar surface area (TPSA) is 65.7 Å². The third kappa shape index (κ3) is 5.32. The quantitative estimate of drug-likeness (QED) is 0.295. The lowest BCUT2D eigenvalue weighted by atomic mass is 9.88. The third-order valence-electron chi connectivity index (χ3n) is 5.78. The van der Waals surface area contributed by atoms with Gasteiger partial charge in [-0.05, 0) is 73.0 Å². The van der Waals surface area contributed by atoms with Gasteiger partial charge in [-0.15, -0.1) is 0 Å². The van der Waals surface area contributed by atoms with Crippen LogP contribution >= 0.6 is 31.9 Å². The SMILES string of the molecule is CCOc1cc(Br)c(C=Nn2c(C3CCCCC3)nc3ccc(Br)cc3c2=O)cc1OCC. The number of hydrogen-bond acceptors (Lipinski definition) is 5. The molecule has 0 spiro atoms. The summed E-state index contributed by atoms with van der Waals surface area (Å²) < 4.78 is 14.6. The predicted molar refractivity (Wildman–Crippen MR) is 139 cm³/mol. The minimum absolute atomic E-state index is 0.162. The van der Waals surface area contributed by atoms with Gasteiger partial charge in [-0.2, -0.15) is 9.78 Å². The molecule has 0 saturated heterocycles. The van der Waals surface area contributed by atoms with Gasteiger partial charge in [-0.1, -0.05) is 35.2 Å². The van der Waals surface area contributed by atoms with Crippen LogP contribution in [0.4, 0.5) is 0 Å². The van der Waals surface area contributed by atoms with Crippen LogP contribution in [0.25, 0.3) is 10.9 Å². The summed E-state index contributed by atoms with van der Waals surface area (Å²) in [6.45, 7) is 4.93. The normalized spacial score (nSPS) is 14.8. The summed E-state index contributed by atoms with van der Waals surface area (Å²) >= 11 is 7.07. The predicted octanol–water partition coefficient (Wildman–Crippen LogP) is 6.65. The molecule has 6 nitrogen and oxygen atoms in total. The van der Waals surface area contributed by atoms with E-state index in [1.54, 1.807) is 12.3 Å². The van der Waals surface area contributed by atoms with Gasteiger partial charge in [0.2, 0.25) is 0 Å². The van der Waals surface area contributed by atoms with Crippen LogP contribution in [0.2, 0.25) is 0 Å². The van der Waals surface area contributed by atoms with Gasteiger partial charge < -0.3 is 9.47 Å². The minimum atomic E-state index is -0.162. The first kappa shape index (κ1) is 24.0. The molecule has 0 unspecified atom stereocenters. The molecule has 1 aliphatic rings. The van der Waals surface area contributed by atoms with Crippen LogP contribution in [-0.4, -0.2) is 29.1 Å². The summed E-state index contributed by atoms with van der Waals surface area (Å²) in [5.41, 5.74) is 1.33. The van der Waals surface area contributed by atoms with Gasteiger partial charge in [-0.25, -0.2) is 4.98 Å². The smallest absolute Gasteiger partial charge is 0.282 e. The highest BCUT2D eigenvalue weighted by atomic mass is 79.9. The molecule has 4 rings (SSSR count). The van der Waals surface area contributed by atoms with Crippen molar-refractivity contribution in [3.05, 3.63) is 61.0 Å². The number of halogens is 2. The van der Waals surface area contributed by atoms with E-state index in [9.17, 15) is 4.79 Å². The van der Waals surface area contributed by atoms with Crippen LogP contribution in [0.5, 0.6) is 11.5 Å². The Morgan fingerprint density at radius 3 is 2.45 bits per heavy atom. The highest BCUT2D eigenvalue weighted by Crippen LogP contribution is 2.34. The molecular weight excluding hydrogens is 550 g/mol. The molecular formula is C25H27Br2N3O3. The fraction of sp³-hybridized carbons (Fsp3) is 0.400. The van der Waals surface area contributed by atoms with Crippen LogP contribution in [0.1, 0.15) is 63.3 Å². The van der Waals surface area contributed by atoms with Crippen molar-refractivity contribution in [2.75, 3.05) is 13.2 Å². The molecule has 174 valence electrons. The van der Waals surface area contributed by atoms with E-state index in [4.69, 9.17) is 14.5 Å². The van der Waals surface area contributed by atoms with Gasteiger partial charge in [0.1, 0.15) is 5.82 Å². The Balaban J connectivity index is 1.82. The first-order valence-electron chi connectivity index (χ1n) is 11.4. The van der Waals surface area contributed by atoms with E-state index in [0.29, 0.717) is 35.6 Å². The number of hydrogen-bond donors (Lipinski definition) is 0. The highest BCUT2D eigenvalue weighted by molar-refractivity contribution is 9.10. The van der Waals surface area contributed by atoms with E-state index in [0.717, 1.165) is 46.0 Å². The maximum Gasteiger partial charge on any atom is 0.282 e. The first-order valence-corrected chi connectivity index (χ1v) is 13.0. The van der Waals surface area contributed by atoms with E-state index in [-0.39, 0.29) is 11.5 Å². The molecule has 0 aliphatic heterocycles. The van der Waals surface area contributed by atoms with Gasteiger partial charge in [-0.3, -0.25) is 4.79 Å². The summed E-state index contributed by atoms with van der Waals surface area (Å²) in [7, 11) is 0. The van der Waals surface area contributed by atoms with Crippen molar-refractivity contribution in [3.63, 3.8) is 0 Å². The van der Waals surface area contributed by atoms with E-state index in [2.05, 4.69) is 37.0 Å². The summed E-state index contributed by atoms with van der Waals surface area (Å²) in [6, 6.07) is 9.36. The van der Waals surface area contributed by atoms with Crippen LogP contribution in [0.3, 0.4) is 0 Å². The molecule has 33 heavy (non-hydrogen) atoms. The van der Waals surface area contributed by atoms with Crippen molar-refractivity contribution in [2.45, 2.75) is 51.9 Å². The maximum atomic E-state index is 13.5. The zero-order valence-corrected chi connectivity index (χ0v) is 22.0. The van der Waals surface area contributed by atoms with Crippen LogP contribution < -0.4 is 15.0 Å². The molecule has 1 aromatic heterocycles. The largest absolute Gasteiger partial charge is 0.490 e. The van der Waals surface area contributed by atoms with Crippen LogP contribution in [0.15, 0.2) is 49.2 Å². The van der Waals surface area contributed by atoms with Gasteiger partial charge in [0.25, 0.3) is 5.56 Å². The average Bonchev–Trinajstić information content (AvgIpc) is 2.82. The number of fused-ring (bicyclic) bond motifs is 1. The second kappa shape index (κ2) is 10.8. The van der Waals surface area contributed by atoms with Gasteiger partial charge in [0.05, 0.1) is 30.3 Å². The molecule has 1 fully saturated rings. The van der Waals surface area contributed by atoms with Gasteiger partial charge in [0, 0.05) is 20.4 Å². The lowest BCUT2D eigenvalue weighted by molar-refractivity contribution is 0.287. The van der Waals surface area contributed by atoms with E-state index in [1.165, 1.54) is 11.1 Å². The van der Waals surface area contributed by atoms with Crippen molar-refractivity contribution in [1.29, 1.82) is 0 Å². The Bertz CT molecular complexity index is 1230. The summed E-state index contributed by atoms with van der Waals surface area (Å²) in [5, 5.41) is 5.19. The van der Waals surface area contributed by atoms with Crippen LogP contribution in [0, 0.1) is 0 Å². The number of benzene rings is 2. The molecule has 1 aliphatic carbocycles. The fourth-order valence-electron chi connectivity index (χ4n) is 4.21. The lowest BCUT2D eigenvalue weighted by Crippen LogP contribution is -2.25. The van der Waals surface area contributed by atoms with Gasteiger partial charge >= 0.3 is 0 Å². The first-order chi connectivity index (χ1) is 16.0. The lowest BCUT2D eigenvalue weighted by Gasteiger charge is -2.22. The molecule has 1 heterocycles. The van der Waals surface area contributed by atoms with Gasteiger partial charge in [0.15, 0.2) is 11.5 Å². The Labute approximate surface area is 210 Å². The van der Waals surface area contributed by atoms with Crippen molar-refractivity contribution in [1.82, 2.24) is 9.66 Å². The summed E-state index contributed by atoms with van der Waals surface area (Å²) in [4.78, 5) is 18.4. The minimum Gasteiger partial charge on any atom is -0.490 e. The van der Waals surface area contributed by atoms with Crippen molar-refractivity contribution < 1.29 is 9.47 Å². The van der Waals surface area contributed by atoms with Crippen molar-refractivity contribution in [3.8, 4) is 11.5 Å². The second-order valence-corrected chi connectivity index (χ2v) is 9.78. The molecule has 0 bridgehead atoms. The molecule has 8 heteroatoms. The Morgan fingerprint density at radius 1 is 1.06 bits per heavy atom. The fourth-order valence-corrected chi connectivity index (χ4v) is 4.99. The monoisotopic (exact) mass is 575 g/mol. The van der Waals surface area contributed by atoms with E-state index in [1.807, 2.05) is 38.1 Å². The van der Waals surface area contributed by atoms with Crippen LogP contribution in [-0.2, 0) is 0 Å². The molecule has 2 aromatic carbocycles. The number of aromatic nitrogens is 2. The number of ether oxygens (including phenoxy) is 2. The van der Waals surface area contributed by atoms with E-state index < -0.39 is 0 Å². The molecule has 1 saturated carbocycles. The molecule has 0 amide bonds. The zero-order valence-electron chi connectivity index (χ0n) is 18.8. The second-order valence-electron chi connectivity index (χ2n) is 8.01.